The summed E-state index contributed by atoms with van der Waals surface area (Å²) in [6.07, 6.45) is 1.97. The second-order valence-corrected chi connectivity index (χ2v) is 8.37. The predicted octanol–water partition coefficient (Wildman–Crippen LogP) is 2.46. The van der Waals surface area contributed by atoms with Crippen molar-refractivity contribution in [2.24, 2.45) is 0 Å². The van der Waals surface area contributed by atoms with E-state index in [1.54, 1.807) is 31.8 Å². The second-order valence-electron chi connectivity index (χ2n) is 5.49. The third kappa shape index (κ3) is 4.74. The molecule has 21 heavy (non-hydrogen) atoms. The molecule has 1 N–H and O–H groups in total. The van der Waals surface area contributed by atoms with Crippen LogP contribution in [-0.4, -0.2) is 43.9 Å². The van der Waals surface area contributed by atoms with Crippen LogP contribution in [0.5, 0.6) is 0 Å². The van der Waals surface area contributed by atoms with Crippen LogP contribution in [0.25, 0.3) is 0 Å². The van der Waals surface area contributed by atoms with Crippen LogP contribution in [0.4, 0.5) is 0 Å². The molecule has 1 rings (SSSR count). The number of sulfonamides is 1. The van der Waals surface area contributed by atoms with E-state index in [4.69, 9.17) is 4.42 Å². The normalized spacial score (nSPS) is 14.1. The molecule has 1 aromatic heterocycles. The minimum atomic E-state index is -3.51. The van der Waals surface area contributed by atoms with E-state index in [1.165, 1.54) is 4.31 Å². The van der Waals surface area contributed by atoms with E-state index in [-0.39, 0.29) is 10.9 Å². The van der Waals surface area contributed by atoms with E-state index < -0.39 is 10.0 Å². The van der Waals surface area contributed by atoms with Crippen LogP contribution < -0.4 is 5.32 Å². The highest BCUT2D eigenvalue weighted by Crippen LogP contribution is 2.24. The molecule has 1 heterocycles. The van der Waals surface area contributed by atoms with Crippen molar-refractivity contribution in [1.29, 1.82) is 0 Å². The summed E-state index contributed by atoms with van der Waals surface area (Å²) in [6, 6.07) is 1.89. The summed E-state index contributed by atoms with van der Waals surface area (Å²) >= 11 is 1.63. The quantitative estimate of drug-likeness (QED) is 0.791. The average molecular weight is 335 g/mol. The molecule has 0 saturated carbocycles. The van der Waals surface area contributed by atoms with E-state index in [1.807, 2.05) is 27.0 Å². The summed E-state index contributed by atoms with van der Waals surface area (Å²) in [4.78, 5) is 0.263. The van der Waals surface area contributed by atoms with Crippen LogP contribution in [0.3, 0.4) is 0 Å². The lowest BCUT2D eigenvalue weighted by Crippen LogP contribution is -2.36. The van der Waals surface area contributed by atoms with Crippen LogP contribution in [0.1, 0.15) is 32.3 Å². The van der Waals surface area contributed by atoms with Crippen LogP contribution in [0, 0.1) is 6.92 Å². The molecular formula is C14H26N2O3S2. The highest BCUT2D eigenvalue weighted by Gasteiger charge is 2.29. The molecule has 0 spiro atoms. The lowest BCUT2D eigenvalue weighted by atomic mass is 10.3. The molecule has 0 amide bonds. The number of nitrogens with one attached hydrogen (secondary N) is 1. The van der Waals surface area contributed by atoms with Gasteiger partial charge in [-0.25, -0.2) is 8.42 Å². The SMILES string of the molecule is CSCC(C)N(C)S(=O)(=O)c1cc(CNC(C)C)oc1C. The lowest BCUT2D eigenvalue weighted by Gasteiger charge is -2.23. The Hall–Kier alpha value is -0.500. The maximum Gasteiger partial charge on any atom is 0.246 e. The van der Waals surface area contributed by atoms with Gasteiger partial charge in [-0.05, 0) is 20.1 Å². The summed E-state index contributed by atoms with van der Waals surface area (Å²) in [6.45, 7) is 8.19. The van der Waals surface area contributed by atoms with Crippen molar-refractivity contribution < 1.29 is 12.8 Å². The number of aryl methyl sites for hydroxylation is 1. The Labute approximate surface area is 132 Å². The Morgan fingerprint density at radius 2 is 2.00 bits per heavy atom. The van der Waals surface area contributed by atoms with Gasteiger partial charge in [0.2, 0.25) is 10.0 Å². The third-order valence-electron chi connectivity index (χ3n) is 3.29. The van der Waals surface area contributed by atoms with Gasteiger partial charge in [0.05, 0.1) is 6.54 Å². The van der Waals surface area contributed by atoms with Gasteiger partial charge < -0.3 is 9.73 Å². The monoisotopic (exact) mass is 334 g/mol. The zero-order valence-corrected chi connectivity index (χ0v) is 15.3. The van der Waals surface area contributed by atoms with Gasteiger partial charge in [0.25, 0.3) is 0 Å². The van der Waals surface area contributed by atoms with E-state index in [0.717, 1.165) is 5.75 Å². The Kier molecular flexibility index (Phi) is 6.77. The number of furan rings is 1. The maximum atomic E-state index is 12.7. The van der Waals surface area contributed by atoms with E-state index in [2.05, 4.69) is 5.32 Å². The van der Waals surface area contributed by atoms with Gasteiger partial charge in [0, 0.05) is 31.0 Å². The fourth-order valence-corrected chi connectivity index (χ4v) is 4.25. The smallest absolute Gasteiger partial charge is 0.246 e. The molecule has 5 nitrogen and oxygen atoms in total. The first-order chi connectivity index (χ1) is 9.70. The first kappa shape index (κ1) is 18.5. The Bertz CT molecular complexity index is 553. The van der Waals surface area contributed by atoms with Crippen LogP contribution in [0.15, 0.2) is 15.4 Å². The van der Waals surface area contributed by atoms with Crippen LogP contribution in [0.2, 0.25) is 0 Å². The van der Waals surface area contributed by atoms with Gasteiger partial charge in [-0.2, -0.15) is 16.1 Å². The van der Waals surface area contributed by atoms with Crippen LogP contribution >= 0.6 is 11.8 Å². The van der Waals surface area contributed by atoms with Gasteiger partial charge in [0.15, 0.2) is 0 Å². The number of nitrogens with zero attached hydrogens (tertiary/aromatic N) is 1. The van der Waals surface area contributed by atoms with E-state index in [9.17, 15) is 8.42 Å². The number of hydrogen-bond acceptors (Lipinski definition) is 5. The fourth-order valence-electron chi connectivity index (χ4n) is 1.91. The van der Waals surface area contributed by atoms with E-state index >= 15 is 0 Å². The number of rotatable bonds is 8. The summed E-state index contributed by atoms with van der Waals surface area (Å²) in [5, 5.41) is 3.22. The molecule has 1 atom stereocenters. The summed E-state index contributed by atoms with van der Waals surface area (Å²) in [7, 11) is -1.89. The molecule has 0 aliphatic carbocycles. The summed E-state index contributed by atoms with van der Waals surface area (Å²) in [5.74, 6) is 1.85. The molecular weight excluding hydrogens is 308 g/mol. The maximum absolute atomic E-state index is 12.7. The molecule has 0 aromatic carbocycles. The van der Waals surface area contributed by atoms with Gasteiger partial charge in [0.1, 0.15) is 16.4 Å². The van der Waals surface area contributed by atoms with Crippen molar-refractivity contribution in [3.63, 3.8) is 0 Å². The molecule has 1 unspecified atom stereocenters. The summed E-state index contributed by atoms with van der Waals surface area (Å²) in [5.41, 5.74) is 0. The first-order valence-electron chi connectivity index (χ1n) is 6.99. The molecule has 7 heteroatoms. The summed E-state index contributed by atoms with van der Waals surface area (Å²) < 4.78 is 32.3. The zero-order valence-electron chi connectivity index (χ0n) is 13.6. The molecule has 0 fully saturated rings. The van der Waals surface area contributed by atoms with Crippen molar-refractivity contribution in [2.75, 3.05) is 19.1 Å². The predicted molar refractivity (Wildman–Crippen MR) is 88.2 cm³/mol. The van der Waals surface area contributed by atoms with Gasteiger partial charge in [-0.1, -0.05) is 13.8 Å². The average Bonchev–Trinajstić information content (AvgIpc) is 2.77. The third-order valence-corrected chi connectivity index (χ3v) is 6.19. The molecule has 1 aromatic rings. The second kappa shape index (κ2) is 7.67. The fraction of sp³-hybridized carbons (Fsp3) is 0.714. The van der Waals surface area contributed by atoms with E-state index in [0.29, 0.717) is 24.1 Å². The zero-order chi connectivity index (χ0) is 16.2. The Morgan fingerprint density at radius 3 is 2.52 bits per heavy atom. The molecule has 0 aliphatic heterocycles. The van der Waals surface area contributed by atoms with Crippen molar-refractivity contribution >= 4 is 21.8 Å². The molecule has 0 aliphatic rings. The minimum Gasteiger partial charge on any atom is -0.464 e. The van der Waals surface area contributed by atoms with Crippen molar-refractivity contribution in [1.82, 2.24) is 9.62 Å². The Morgan fingerprint density at radius 1 is 1.38 bits per heavy atom. The lowest BCUT2D eigenvalue weighted by molar-refractivity contribution is 0.411. The Balaban J connectivity index is 2.98. The standard InChI is InChI=1S/C14H26N2O3S2/c1-10(2)15-8-13-7-14(12(4)19-13)21(17,18)16(5)11(3)9-20-6/h7,10-11,15H,8-9H2,1-6H3. The minimum absolute atomic E-state index is 0.0588. The molecule has 0 bridgehead atoms. The van der Waals surface area contributed by atoms with Crippen molar-refractivity contribution in [3.05, 3.63) is 17.6 Å². The molecule has 0 saturated heterocycles. The number of thioether (sulfide) groups is 1. The van der Waals surface area contributed by atoms with Gasteiger partial charge >= 0.3 is 0 Å². The topological polar surface area (TPSA) is 62.6 Å². The highest BCUT2D eigenvalue weighted by atomic mass is 32.2. The van der Waals surface area contributed by atoms with Crippen molar-refractivity contribution in [2.45, 2.75) is 51.2 Å². The first-order valence-corrected chi connectivity index (χ1v) is 9.83. The van der Waals surface area contributed by atoms with Gasteiger partial charge in [-0.15, -0.1) is 0 Å². The largest absolute Gasteiger partial charge is 0.464 e. The van der Waals surface area contributed by atoms with Crippen LogP contribution in [-0.2, 0) is 16.6 Å². The molecule has 122 valence electrons. The van der Waals surface area contributed by atoms with Gasteiger partial charge in [-0.3, -0.25) is 0 Å². The molecule has 0 radical (unpaired) electrons. The number of hydrogen-bond donors (Lipinski definition) is 1. The van der Waals surface area contributed by atoms with Crippen molar-refractivity contribution in [3.8, 4) is 0 Å². The highest BCUT2D eigenvalue weighted by molar-refractivity contribution is 7.98.